The van der Waals surface area contributed by atoms with Crippen molar-refractivity contribution in [2.75, 3.05) is 31.9 Å². The van der Waals surface area contributed by atoms with Gasteiger partial charge in [0.05, 0.1) is 33.1 Å². The molecular weight excluding hydrogens is 438 g/mol. The zero-order chi connectivity index (χ0) is 23.7. The van der Waals surface area contributed by atoms with E-state index in [4.69, 9.17) is 30.7 Å². The monoisotopic (exact) mass is 463 g/mol. The van der Waals surface area contributed by atoms with Crippen LogP contribution in [0.4, 0.5) is 11.4 Å². The molecule has 172 valence electrons. The van der Waals surface area contributed by atoms with Crippen molar-refractivity contribution in [1.29, 1.82) is 0 Å². The van der Waals surface area contributed by atoms with E-state index in [9.17, 15) is 9.59 Å². The number of benzene rings is 2. The van der Waals surface area contributed by atoms with Crippen molar-refractivity contribution >= 4 is 34.8 Å². The molecule has 0 radical (unpaired) electrons. The van der Waals surface area contributed by atoms with E-state index in [1.807, 2.05) is 13.8 Å². The van der Waals surface area contributed by atoms with Crippen LogP contribution in [0.3, 0.4) is 0 Å². The van der Waals surface area contributed by atoms with Crippen LogP contribution in [0.25, 0.3) is 0 Å². The molecule has 0 saturated carbocycles. The maximum absolute atomic E-state index is 13.0. The third kappa shape index (κ3) is 6.10. The van der Waals surface area contributed by atoms with Gasteiger partial charge in [-0.1, -0.05) is 6.07 Å². The molecule has 2 rings (SSSR count). The number of hydrogen-bond donors (Lipinski definition) is 0. The summed E-state index contributed by atoms with van der Waals surface area (Å²) in [6, 6.07) is 8.35. The van der Waals surface area contributed by atoms with Crippen molar-refractivity contribution in [1.82, 2.24) is 0 Å². The molecule has 2 aromatic carbocycles. The molecule has 1 unspecified atom stereocenters. The first kappa shape index (κ1) is 24.9. The fraction of sp³-hybridized carbons (Fsp3) is 0.364. The quantitative estimate of drug-likeness (QED) is 0.271. The van der Waals surface area contributed by atoms with Crippen LogP contribution in [-0.4, -0.2) is 45.2 Å². The number of hydrogen-bond acceptors (Lipinski definition) is 8. The van der Waals surface area contributed by atoms with E-state index in [0.29, 0.717) is 36.1 Å². The Morgan fingerprint density at radius 1 is 1.03 bits per heavy atom. The standard InChI is InChI=1S/C22H26ClN3O6/c1-6-31-16-11-15(12-17(13-16)32-7-2)24-25-20(14(3)27)22(28)26(23)18-9-8-10-19(29-4)21(18)30-5/h8-13,20H,6-7H2,1-5H3. The maximum atomic E-state index is 13.0. The summed E-state index contributed by atoms with van der Waals surface area (Å²) in [6.45, 7) is 5.83. The molecular formula is C22H26ClN3O6. The lowest BCUT2D eigenvalue weighted by molar-refractivity contribution is -0.126. The fourth-order valence-corrected chi connectivity index (χ4v) is 3.02. The Kier molecular flexibility index (Phi) is 9.27. The number of carbonyl (C=O) groups is 2. The van der Waals surface area contributed by atoms with Gasteiger partial charge in [-0.3, -0.25) is 9.59 Å². The van der Waals surface area contributed by atoms with Crippen LogP contribution >= 0.6 is 11.8 Å². The number of para-hydroxylation sites is 1. The Morgan fingerprint density at radius 3 is 2.16 bits per heavy atom. The van der Waals surface area contributed by atoms with Gasteiger partial charge in [0.2, 0.25) is 6.04 Å². The Labute approximate surface area is 192 Å². The van der Waals surface area contributed by atoms with Crippen molar-refractivity contribution in [3.8, 4) is 23.0 Å². The summed E-state index contributed by atoms with van der Waals surface area (Å²) in [5, 5.41) is 8.03. The SMILES string of the molecule is CCOc1cc(N=NC(C(C)=O)C(=O)N(Cl)c2cccc(OC)c2OC)cc(OCC)c1. The van der Waals surface area contributed by atoms with Gasteiger partial charge in [-0.2, -0.15) is 10.2 Å². The number of halogens is 1. The lowest BCUT2D eigenvalue weighted by Crippen LogP contribution is -2.36. The van der Waals surface area contributed by atoms with Gasteiger partial charge >= 0.3 is 0 Å². The average molecular weight is 464 g/mol. The highest BCUT2D eigenvalue weighted by Crippen LogP contribution is 2.38. The number of azo groups is 1. The number of nitrogens with zero attached hydrogens (tertiary/aromatic N) is 3. The maximum Gasteiger partial charge on any atom is 0.276 e. The van der Waals surface area contributed by atoms with Crippen LogP contribution < -0.4 is 23.4 Å². The number of carbonyl (C=O) groups excluding carboxylic acids is 2. The van der Waals surface area contributed by atoms with Gasteiger partial charge in [0.1, 0.15) is 17.2 Å². The van der Waals surface area contributed by atoms with Gasteiger partial charge in [-0.15, -0.1) is 0 Å². The summed E-state index contributed by atoms with van der Waals surface area (Å²) in [4.78, 5) is 25.2. The van der Waals surface area contributed by atoms with Crippen LogP contribution in [0.2, 0.25) is 0 Å². The van der Waals surface area contributed by atoms with E-state index in [2.05, 4.69) is 10.2 Å². The van der Waals surface area contributed by atoms with Crippen molar-refractivity contribution in [3.05, 3.63) is 36.4 Å². The average Bonchev–Trinajstić information content (AvgIpc) is 2.78. The van der Waals surface area contributed by atoms with Crippen LogP contribution in [0.15, 0.2) is 46.6 Å². The van der Waals surface area contributed by atoms with E-state index in [1.54, 1.807) is 36.4 Å². The van der Waals surface area contributed by atoms with Gasteiger partial charge in [0, 0.05) is 30.0 Å². The second kappa shape index (κ2) is 11.9. The van der Waals surface area contributed by atoms with E-state index in [0.717, 1.165) is 4.42 Å². The lowest BCUT2D eigenvalue weighted by atomic mass is 10.2. The number of ketones is 1. The summed E-state index contributed by atoms with van der Waals surface area (Å²) >= 11 is 6.28. The molecule has 1 atom stereocenters. The molecule has 1 amide bonds. The van der Waals surface area contributed by atoms with Gasteiger partial charge < -0.3 is 18.9 Å². The van der Waals surface area contributed by atoms with Gasteiger partial charge in [-0.25, -0.2) is 4.42 Å². The van der Waals surface area contributed by atoms with Gasteiger partial charge in [0.25, 0.3) is 5.91 Å². The van der Waals surface area contributed by atoms with Crippen LogP contribution in [-0.2, 0) is 9.59 Å². The number of Topliss-reactive ketones (excluding diaryl/α,β-unsaturated/α-hetero) is 1. The minimum absolute atomic E-state index is 0.206. The van der Waals surface area contributed by atoms with Gasteiger partial charge in [0.15, 0.2) is 17.3 Å². The Hall–Kier alpha value is -3.33. The second-order valence-electron chi connectivity index (χ2n) is 6.39. The summed E-state index contributed by atoms with van der Waals surface area (Å²) in [6.07, 6.45) is 0. The van der Waals surface area contributed by atoms with Crippen molar-refractivity contribution in [2.45, 2.75) is 26.8 Å². The predicted molar refractivity (Wildman–Crippen MR) is 121 cm³/mol. The summed E-state index contributed by atoms with van der Waals surface area (Å²) in [5.41, 5.74) is 0.565. The molecule has 2 aromatic rings. The smallest absolute Gasteiger partial charge is 0.276 e. The number of anilines is 1. The molecule has 32 heavy (non-hydrogen) atoms. The minimum Gasteiger partial charge on any atom is -0.494 e. The van der Waals surface area contributed by atoms with Crippen molar-refractivity contribution in [3.63, 3.8) is 0 Å². The molecule has 10 heteroatoms. The molecule has 0 aliphatic rings. The Morgan fingerprint density at radius 2 is 1.66 bits per heavy atom. The zero-order valence-electron chi connectivity index (χ0n) is 18.6. The highest BCUT2D eigenvalue weighted by molar-refractivity contribution is 6.39. The van der Waals surface area contributed by atoms with Crippen LogP contribution in [0.5, 0.6) is 23.0 Å². The highest BCUT2D eigenvalue weighted by Gasteiger charge is 2.31. The molecule has 0 N–H and O–H groups in total. The first-order valence-corrected chi connectivity index (χ1v) is 10.2. The molecule has 0 fully saturated rings. The molecule has 0 aromatic heterocycles. The number of ether oxygens (including phenoxy) is 4. The highest BCUT2D eigenvalue weighted by atomic mass is 35.5. The topological polar surface area (TPSA) is 99.0 Å². The molecule has 0 aliphatic carbocycles. The zero-order valence-corrected chi connectivity index (χ0v) is 19.4. The normalized spacial score (nSPS) is 11.7. The van der Waals surface area contributed by atoms with Crippen LogP contribution in [0, 0.1) is 0 Å². The minimum atomic E-state index is -1.46. The predicted octanol–water partition coefficient (Wildman–Crippen LogP) is 4.73. The molecule has 9 nitrogen and oxygen atoms in total. The lowest BCUT2D eigenvalue weighted by Gasteiger charge is -2.20. The Bertz CT molecular complexity index is 958. The van der Waals surface area contributed by atoms with E-state index in [-0.39, 0.29) is 11.4 Å². The molecule has 0 aliphatic heterocycles. The molecule has 0 spiro atoms. The largest absolute Gasteiger partial charge is 0.494 e. The Balaban J connectivity index is 2.36. The third-order valence-electron chi connectivity index (χ3n) is 4.18. The first-order chi connectivity index (χ1) is 15.4. The van der Waals surface area contributed by atoms with Gasteiger partial charge in [-0.05, 0) is 32.9 Å². The molecule has 0 heterocycles. The van der Waals surface area contributed by atoms with E-state index in [1.165, 1.54) is 21.1 Å². The first-order valence-electron chi connectivity index (χ1n) is 9.88. The van der Waals surface area contributed by atoms with Crippen LogP contribution in [0.1, 0.15) is 20.8 Å². The molecule has 0 saturated heterocycles. The summed E-state index contributed by atoms with van der Waals surface area (Å²) in [7, 11) is 2.88. The second-order valence-corrected chi connectivity index (χ2v) is 6.73. The summed E-state index contributed by atoms with van der Waals surface area (Å²) in [5.74, 6) is 0.345. The van der Waals surface area contributed by atoms with E-state index >= 15 is 0 Å². The van der Waals surface area contributed by atoms with E-state index < -0.39 is 17.7 Å². The van der Waals surface area contributed by atoms with Crippen molar-refractivity contribution < 1.29 is 28.5 Å². The molecule has 0 bridgehead atoms. The number of rotatable bonds is 11. The fourth-order valence-electron chi connectivity index (χ4n) is 2.79. The number of methoxy groups -OCH3 is 2. The number of amides is 1. The summed E-state index contributed by atoms with van der Waals surface area (Å²) < 4.78 is 22.3. The van der Waals surface area contributed by atoms with Crippen molar-refractivity contribution in [2.24, 2.45) is 10.2 Å². The third-order valence-corrected chi connectivity index (χ3v) is 4.53.